The van der Waals surface area contributed by atoms with Crippen molar-refractivity contribution in [3.8, 4) is 0 Å². The van der Waals surface area contributed by atoms with E-state index in [2.05, 4.69) is 29.6 Å². The second kappa shape index (κ2) is 5.94. The first kappa shape index (κ1) is 14.2. The molecular formula is C18H19F2N. The molecule has 3 heteroatoms. The van der Waals surface area contributed by atoms with E-state index in [4.69, 9.17) is 0 Å². The zero-order valence-electron chi connectivity index (χ0n) is 12.1. The van der Waals surface area contributed by atoms with Crippen LogP contribution in [0.4, 0.5) is 8.78 Å². The highest BCUT2D eigenvalue weighted by Gasteiger charge is 2.23. The van der Waals surface area contributed by atoms with Crippen molar-refractivity contribution >= 4 is 0 Å². The Morgan fingerprint density at radius 1 is 1.05 bits per heavy atom. The molecule has 110 valence electrons. The Morgan fingerprint density at radius 2 is 1.67 bits per heavy atom. The number of halogens is 2. The maximum Gasteiger partial charge on any atom is 0.130 e. The van der Waals surface area contributed by atoms with Crippen LogP contribution in [0.3, 0.4) is 0 Å². The van der Waals surface area contributed by atoms with E-state index in [1.54, 1.807) is 6.92 Å². The topological polar surface area (TPSA) is 12.0 Å². The van der Waals surface area contributed by atoms with Crippen molar-refractivity contribution in [1.29, 1.82) is 0 Å². The summed E-state index contributed by atoms with van der Waals surface area (Å²) in [5.74, 6) is -0.253. The molecule has 1 N–H and O–H groups in total. The summed E-state index contributed by atoms with van der Waals surface area (Å²) in [5, 5.41) is 3.18. The normalized spacial score (nSPS) is 16.0. The molecule has 1 aliphatic rings. The van der Waals surface area contributed by atoms with Crippen LogP contribution in [0, 0.1) is 11.6 Å². The minimum atomic E-state index is -0.501. The number of benzene rings is 2. The average Bonchev–Trinajstić information content (AvgIpc) is 3.30. The Morgan fingerprint density at radius 3 is 2.24 bits per heavy atom. The lowest BCUT2D eigenvalue weighted by molar-refractivity contribution is 0.487. The van der Waals surface area contributed by atoms with Crippen LogP contribution in [0.5, 0.6) is 0 Å². The van der Waals surface area contributed by atoms with Gasteiger partial charge in [-0.1, -0.05) is 30.3 Å². The zero-order chi connectivity index (χ0) is 14.8. The van der Waals surface area contributed by atoms with Crippen molar-refractivity contribution in [2.24, 2.45) is 0 Å². The predicted octanol–water partition coefficient (Wildman–Crippen LogP) is 4.69. The highest BCUT2D eigenvalue weighted by atomic mass is 19.1. The highest BCUT2D eigenvalue weighted by molar-refractivity contribution is 5.28. The van der Waals surface area contributed by atoms with Crippen LogP contribution in [0.25, 0.3) is 0 Å². The fraction of sp³-hybridized carbons (Fsp3) is 0.333. The van der Waals surface area contributed by atoms with E-state index >= 15 is 0 Å². The molecule has 1 atom stereocenters. The lowest BCUT2D eigenvalue weighted by Crippen LogP contribution is -2.20. The van der Waals surface area contributed by atoms with Gasteiger partial charge in [-0.2, -0.15) is 0 Å². The van der Waals surface area contributed by atoms with Crippen molar-refractivity contribution in [1.82, 2.24) is 5.32 Å². The van der Waals surface area contributed by atoms with Crippen molar-refractivity contribution < 1.29 is 8.78 Å². The van der Waals surface area contributed by atoms with Crippen LogP contribution in [-0.4, -0.2) is 0 Å². The molecular weight excluding hydrogens is 268 g/mol. The largest absolute Gasteiger partial charge is 0.306 e. The van der Waals surface area contributed by atoms with Gasteiger partial charge in [0.25, 0.3) is 0 Å². The van der Waals surface area contributed by atoms with Gasteiger partial charge in [-0.25, -0.2) is 8.78 Å². The molecule has 3 rings (SSSR count). The van der Waals surface area contributed by atoms with E-state index in [0.717, 1.165) is 11.5 Å². The Hall–Kier alpha value is -1.74. The number of hydrogen-bond donors (Lipinski definition) is 1. The quantitative estimate of drug-likeness (QED) is 0.841. The lowest BCUT2D eigenvalue weighted by Gasteiger charge is -2.16. The van der Waals surface area contributed by atoms with Crippen LogP contribution in [-0.2, 0) is 6.54 Å². The number of nitrogens with one attached hydrogen (secondary N) is 1. The third-order valence-corrected chi connectivity index (χ3v) is 4.07. The van der Waals surface area contributed by atoms with Crippen LogP contribution in [0.1, 0.15) is 48.4 Å². The molecule has 1 unspecified atom stereocenters. The number of rotatable bonds is 5. The lowest BCUT2D eigenvalue weighted by atomic mass is 10.1. The van der Waals surface area contributed by atoms with Gasteiger partial charge in [0.2, 0.25) is 0 Å². The first-order valence-corrected chi connectivity index (χ1v) is 7.41. The molecule has 0 aliphatic heterocycles. The van der Waals surface area contributed by atoms with Crippen molar-refractivity contribution in [3.05, 3.63) is 70.8 Å². The molecule has 2 aromatic rings. The summed E-state index contributed by atoms with van der Waals surface area (Å²) in [6, 6.07) is 12.1. The highest BCUT2D eigenvalue weighted by Crippen LogP contribution is 2.39. The summed E-state index contributed by atoms with van der Waals surface area (Å²) < 4.78 is 27.4. The van der Waals surface area contributed by atoms with Gasteiger partial charge in [0.15, 0.2) is 0 Å². The van der Waals surface area contributed by atoms with E-state index in [9.17, 15) is 8.78 Å². The number of hydrogen-bond acceptors (Lipinski definition) is 1. The molecule has 1 saturated carbocycles. The van der Waals surface area contributed by atoms with E-state index in [0.29, 0.717) is 6.54 Å². The van der Waals surface area contributed by atoms with Gasteiger partial charge in [0.05, 0.1) is 0 Å². The SMILES string of the molecule is CC(NCc1ccc(C2CC2)cc1)c1c(F)cccc1F. The van der Waals surface area contributed by atoms with Crippen LogP contribution >= 0.6 is 0 Å². The maximum absolute atomic E-state index is 13.7. The van der Waals surface area contributed by atoms with Gasteiger partial charge in [-0.3, -0.25) is 0 Å². The second-order valence-corrected chi connectivity index (χ2v) is 5.75. The molecule has 0 spiro atoms. The Bertz CT molecular complexity index is 597. The monoisotopic (exact) mass is 287 g/mol. The third kappa shape index (κ3) is 3.30. The first-order valence-electron chi connectivity index (χ1n) is 7.41. The van der Waals surface area contributed by atoms with Crippen molar-refractivity contribution in [3.63, 3.8) is 0 Å². The predicted molar refractivity (Wildman–Crippen MR) is 80.0 cm³/mol. The van der Waals surface area contributed by atoms with E-state index < -0.39 is 11.6 Å². The zero-order valence-corrected chi connectivity index (χ0v) is 12.1. The molecule has 0 bridgehead atoms. The van der Waals surface area contributed by atoms with Gasteiger partial charge < -0.3 is 5.32 Å². The molecule has 0 aromatic heterocycles. The Kier molecular flexibility index (Phi) is 4.02. The smallest absolute Gasteiger partial charge is 0.130 e. The van der Waals surface area contributed by atoms with Gasteiger partial charge in [-0.05, 0) is 48.9 Å². The molecule has 1 fully saturated rings. The summed E-state index contributed by atoms with van der Waals surface area (Å²) in [7, 11) is 0. The fourth-order valence-electron chi connectivity index (χ4n) is 2.62. The summed E-state index contributed by atoms with van der Waals surface area (Å²) >= 11 is 0. The van der Waals surface area contributed by atoms with E-state index in [-0.39, 0.29) is 11.6 Å². The molecule has 21 heavy (non-hydrogen) atoms. The summed E-state index contributed by atoms with van der Waals surface area (Å²) in [4.78, 5) is 0. The Balaban J connectivity index is 1.63. The fourth-order valence-corrected chi connectivity index (χ4v) is 2.62. The molecule has 2 aromatic carbocycles. The maximum atomic E-state index is 13.7. The van der Waals surface area contributed by atoms with Gasteiger partial charge in [0, 0.05) is 18.2 Å². The average molecular weight is 287 g/mol. The van der Waals surface area contributed by atoms with Crippen LogP contribution in [0.2, 0.25) is 0 Å². The molecule has 0 radical (unpaired) electrons. The molecule has 1 nitrogen and oxygen atoms in total. The van der Waals surface area contributed by atoms with Gasteiger partial charge in [-0.15, -0.1) is 0 Å². The molecule has 0 amide bonds. The van der Waals surface area contributed by atoms with Crippen LogP contribution < -0.4 is 5.32 Å². The summed E-state index contributed by atoms with van der Waals surface area (Å²) in [5.41, 5.74) is 2.63. The Labute approximate surface area is 124 Å². The molecule has 0 heterocycles. The minimum absolute atomic E-state index is 0.104. The van der Waals surface area contributed by atoms with Gasteiger partial charge >= 0.3 is 0 Å². The standard InChI is InChI=1S/C18H19F2N/c1-12(18-16(19)3-2-4-17(18)20)21-11-13-5-7-14(8-6-13)15-9-10-15/h2-8,12,15,21H,9-11H2,1H3. The third-order valence-electron chi connectivity index (χ3n) is 4.07. The van der Waals surface area contributed by atoms with E-state index in [1.807, 2.05) is 0 Å². The molecule has 0 saturated heterocycles. The van der Waals surface area contributed by atoms with Crippen molar-refractivity contribution in [2.75, 3.05) is 0 Å². The minimum Gasteiger partial charge on any atom is -0.306 e. The summed E-state index contributed by atoms with van der Waals surface area (Å²) in [6.07, 6.45) is 2.59. The van der Waals surface area contributed by atoms with Crippen LogP contribution in [0.15, 0.2) is 42.5 Å². The van der Waals surface area contributed by atoms with Gasteiger partial charge in [0.1, 0.15) is 11.6 Å². The first-order chi connectivity index (χ1) is 10.1. The van der Waals surface area contributed by atoms with E-state index in [1.165, 1.54) is 36.6 Å². The second-order valence-electron chi connectivity index (χ2n) is 5.75. The summed E-state index contributed by atoms with van der Waals surface area (Å²) in [6.45, 7) is 2.37. The molecule has 1 aliphatic carbocycles. The van der Waals surface area contributed by atoms with Crippen molar-refractivity contribution in [2.45, 2.75) is 38.3 Å².